The summed E-state index contributed by atoms with van der Waals surface area (Å²) in [4.78, 5) is 33.7. The Morgan fingerprint density at radius 2 is 1.28 bits per heavy atom. The predicted molar refractivity (Wildman–Crippen MR) is 117 cm³/mol. The van der Waals surface area contributed by atoms with Gasteiger partial charge >= 0.3 is 12.0 Å². The van der Waals surface area contributed by atoms with Crippen LogP contribution in [0.3, 0.4) is 0 Å². The Hall–Kier alpha value is -1.79. The zero-order valence-electron chi connectivity index (χ0n) is 18.3. The Morgan fingerprint density at radius 3 is 1.72 bits per heavy atom. The monoisotopic (exact) mass is 413 g/mol. The Bertz CT molecular complexity index is 444. The van der Waals surface area contributed by atoms with Gasteiger partial charge in [0.1, 0.15) is 6.04 Å². The molecule has 0 aliphatic rings. The topological polar surface area (TPSA) is 122 Å². The smallest absolute Gasteiger partial charge is 0.326 e. The van der Waals surface area contributed by atoms with Gasteiger partial charge in [0.25, 0.3) is 0 Å². The number of hydrogen-bond donors (Lipinski definition) is 4. The molecule has 170 valence electrons. The van der Waals surface area contributed by atoms with Crippen molar-refractivity contribution >= 4 is 17.9 Å². The van der Waals surface area contributed by atoms with E-state index in [0.29, 0.717) is 19.4 Å². The fraction of sp³-hybridized carbons (Fsp3) is 0.864. The summed E-state index contributed by atoms with van der Waals surface area (Å²) in [6, 6.07) is -1.55. The third-order valence-corrected chi connectivity index (χ3v) is 5.11. The first kappa shape index (κ1) is 27.2. The highest BCUT2D eigenvalue weighted by Crippen LogP contribution is 2.13. The Morgan fingerprint density at radius 1 is 0.793 bits per heavy atom. The molecule has 5 N–H and O–H groups in total. The molecule has 29 heavy (non-hydrogen) atoms. The van der Waals surface area contributed by atoms with Crippen LogP contribution in [0.25, 0.3) is 0 Å². The number of nitrogens with one attached hydrogen (secondary N) is 2. The molecule has 0 saturated heterocycles. The molecule has 0 bridgehead atoms. The summed E-state index contributed by atoms with van der Waals surface area (Å²) < 4.78 is 0. The summed E-state index contributed by atoms with van der Waals surface area (Å²) in [5.41, 5.74) is 4.95. The molecular weight excluding hydrogens is 370 g/mol. The van der Waals surface area contributed by atoms with E-state index in [4.69, 9.17) is 5.73 Å². The predicted octanol–water partition coefficient (Wildman–Crippen LogP) is 4.49. The number of carbonyl (C=O) groups excluding carboxylic acids is 2. The summed E-state index contributed by atoms with van der Waals surface area (Å²) in [5, 5.41) is 14.2. The maximum absolute atomic E-state index is 11.9. The van der Waals surface area contributed by atoms with Crippen molar-refractivity contribution in [3.63, 3.8) is 0 Å². The maximum Gasteiger partial charge on any atom is 0.326 e. The van der Waals surface area contributed by atoms with Crippen LogP contribution in [-0.4, -0.2) is 35.6 Å². The quantitative estimate of drug-likeness (QED) is 0.220. The van der Waals surface area contributed by atoms with Crippen LogP contribution in [-0.2, 0) is 9.59 Å². The molecular formula is C22H43N3O4. The first-order chi connectivity index (χ1) is 14.0. The van der Waals surface area contributed by atoms with E-state index < -0.39 is 18.0 Å². The number of hydrogen-bond acceptors (Lipinski definition) is 3. The van der Waals surface area contributed by atoms with Crippen molar-refractivity contribution in [1.82, 2.24) is 10.6 Å². The average molecular weight is 414 g/mol. The third-order valence-electron chi connectivity index (χ3n) is 5.11. The highest BCUT2D eigenvalue weighted by molar-refractivity contribution is 5.83. The molecule has 0 aromatic heterocycles. The second-order valence-corrected chi connectivity index (χ2v) is 7.88. The van der Waals surface area contributed by atoms with E-state index in [2.05, 4.69) is 17.6 Å². The van der Waals surface area contributed by atoms with Gasteiger partial charge in [0.2, 0.25) is 5.91 Å². The lowest BCUT2D eigenvalue weighted by Gasteiger charge is -2.14. The van der Waals surface area contributed by atoms with Gasteiger partial charge in [0.15, 0.2) is 0 Å². The van der Waals surface area contributed by atoms with E-state index in [1.807, 2.05) is 0 Å². The Kier molecular flexibility index (Phi) is 18.3. The van der Waals surface area contributed by atoms with Crippen molar-refractivity contribution in [2.24, 2.45) is 5.73 Å². The van der Waals surface area contributed by atoms with Crippen LogP contribution in [0.2, 0.25) is 0 Å². The number of unbranched alkanes of at least 4 members (excludes halogenated alkanes) is 12. The van der Waals surface area contributed by atoms with Gasteiger partial charge in [-0.1, -0.05) is 84.0 Å². The van der Waals surface area contributed by atoms with Crippen molar-refractivity contribution in [1.29, 1.82) is 0 Å². The first-order valence-electron chi connectivity index (χ1n) is 11.5. The standard InChI is InChI=1S/C22H43N3O4/c1-2-3-4-5-6-7-8-9-10-11-12-13-14-17-20(26)25-19(21(27)28)16-15-18-24-22(23)29/h19H,2-18H2,1H3,(H,25,26)(H,27,28)(H3,23,24,29)/t19-/m0/s1. The lowest BCUT2D eigenvalue weighted by atomic mass is 10.0. The highest BCUT2D eigenvalue weighted by Gasteiger charge is 2.19. The number of rotatable bonds is 20. The van der Waals surface area contributed by atoms with Gasteiger partial charge in [-0.2, -0.15) is 0 Å². The van der Waals surface area contributed by atoms with Crippen LogP contribution >= 0.6 is 0 Å². The van der Waals surface area contributed by atoms with E-state index in [1.165, 1.54) is 64.2 Å². The van der Waals surface area contributed by atoms with Crippen molar-refractivity contribution in [2.75, 3.05) is 6.54 Å². The lowest BCUT2D eigenvalue weighted by molar-refractivity contribution is -0.142. The van der Waals surface area contributed by atoms with E-state index in [1.54, 1.807) is 0 Å². The van der Waals surface area contributed by atoms with Gasteiger partial charge in [0, 0.05) is 13.0 Å². The van der Waals surface area contributed by atoms with Crippen molar-refractivity contribution in [3.05, 3.63) is 0 Å². The molecule has 0 aliphatic heterocycles. The second-order valence-electron chi connectivity index (χ2n) is 7.88. The average Bonchev–Trinajstić information content (AvgIpc) is 2.67. The molecule has 0 heterocycles. The number of carboxylic acids is 1. The van der Waals surface area contributed by atoms with Crippen molar-refractivity contribution in [2.45, 2.75) is 116 Å². The zero-order valence-corrected chi connectivity index (χ0v) is 18.3. The van der Waals surface area contributed by atoms with Gasteiger partial charge in [-0.05, 0) is 19.3 Å². The van der Waals surface area contributed by atoms with Gasteiger partial charge in [-0.3, -0.25) is 4.79 Å². The normalized spacial score (nSPS) is 11.8. The molecule has 0 aliphatic carbocycles. The summed E-state index contributed by atoms with van der Waals surface area (Å²) in [5.74, 6) is -1.27. The minimum atomic E-state index is -1.05. The van der Waals surface area contributed by atoms with Crippen LogP contribution in [0.15, 0.2) is 0 Å². The summed E-state index contributed by atoms with van der Waals surface area (Å²) in [7, 11) is 0. The zero-order chi connectivity index (χ0) is 21.7. The molecule has 0 saturated carbocycles. The second kappa shape index (κ2) is 19.5. The minimum absolute atomic E-state index is 0.219. The number of amides is 3. The highest BCUT2D eigenvalue weighted by atomic mass is 16.4. The summed E-state index contributed by atoms with van der Waals surface area (Å²) >= 11 is 0. The molecule has 0 aromatic rings. The molecule has 7 nitrogen and oxygen atoms in total. The largest absolute Gasteiger partial charge is 0.480 e. The van der Waals surface area contributed by atoms with Gasteiger partial charge in [-0.15, -0.1) is 0 Å². The maximum atomic E-state index is 11.9. The van der Waals surface area contributed by atoms with Crippen LogP contribution in [0, 0.1) is 0 Å². The van der Waals surface area contributed by atoms with Crippen LogP contribution in [0.1, 0.15) is 110 Å². The van der Waals surface area contributed by atoms with E-state index >= 15 is 0 Å². The molecule has 0 rings (SSSR count). The van der Waals surface area contributed by atoms with Gasteiger partial charge < -0.3 is 21.5 Å². The number of nitrogens with two attached hydrogens (primary N) is 1. The van der Waals surface area contributed by atoms with Gasteiger partial charge in [0.05, 0.1) is 0 Å². The van der Waals surface area contributed by atoms with Crippen molar-refractivity contribution < 1.29 is 19.5 Å². The minimum Gasteiger partial charge on any atom is -0.480 e. The Labute approximate surface area is 176 Å². The molecule has 0 spiro atoms. The first-order valence-corrected chi connectivity index (χ1v) is 11.5. The number of aliphatic carboxylic acids is 1. The number of carboxylic acid groups (broad SMARTS) is 1. The van der Waals surface area contributed by atoms with E-state index in [9.17, 15) is 19.5 Å². The van der Waals surface area contributed by atoms with Crippen LogP contribution in [0.5, 0.6) is 0 Å². The number of urea groups is 1. The number of primary amides is 1. The van der Waals surface area contributed by atoms with E-state index in [0.717, 1.165) is 19.3 Å². The third kappa shape index (κ3) is 19.3. The SMILES string of the molecule is CCCCCCCCCCCCCCCC(=O)N[C@@H](CCCNC(N)=O)C(=O)O. The number of carbonyl (C=O) groups is 3. The summed E-state index contributed by atoms with van der Waals surface area (Å²) in [6.07, 6.45) is 17.3. The molecule has 0 radical (unpaired) electrons. The fourth-order valence-electron chi connectivity index (χ4n) is 3.34. The fourth-order valence-corrected chi connectivity index (χ4v) is 3.34. The molecule has 1 atom stereocenters. The van der Waals surface area contributed by atoms with Crippen molar-refractivity contribution in [3.8, 4) is 0 Å². The molecule has 7 heteroatoms. The van der Waals surface area contributed by atoms with Gasteiger partial charge in [-0.25, -0.2) is 9.59 Å². The van der Waals surface area contributed by atoms with E-state index in [-0.39, 0.29) is 12.3 Å². The molecule has 0 aromatic carbocycles. The molecule has 0 fully saturated rings. The van der Waals surface area contributed by atoms with Crippen LogP contribution in [0.4, 0.5) is 4.79 Å². The summed E-state index contributed by atoms with van der Waals surface area (Å²) in [6.45, 7) is 2.54. The van der Waals surface area contributed by atoms with Crippen LogP contribution < -0.4 is 16.4 Å². The molecule has 0 unspecified atom stereocenters. The Balaban J connectivity index is 3.57. The lowest BCUT2D eigenvalue weighted by Crippen LogP contribution is -2.41. The molecule has 3 amide bonds.